The first-order chi connectivity index (χ1) is 11.6. The van der Waals surface area contributed by atoms with E-state index in [1.807, 2.05) is 62.6 Å². The van der Waals surface area contributed by atoms with Crippen molar-refractivity contribution in [1.82, 2.24) is 4.90 Å². The highest BCUT2D eigenvalue weighted by molar-refractivity contribution is 6.12. The van der Waals surface area contributed by atoms with E-state index in [1.165, 1.54) is 5.70 Å². The standard InChI is InChI=1S/C21H21NO2/c1-22(2)17-10-9-16(13-17)19-12-11-18(24-3)14-20(19)21(23)15-7-5-4-6-8-15/h4-8,10-14H,9H2,1-3H3. The molecular formula is C21H21NO2. The lowest BCUT2D eigenvalue weighted by molar-refractivity contribution is 0.103. The third-order valence-electron chi connectivity index (χ3n) is 4.22. The number of hydrogen-bond donors (Lipinski definition) is 0. The van der Waals surface area contributed by atoms with Crippen molar-refractivity contribution in [3.63, 3.8) is 0 Å². The topological polar surface area (TPSA) is 29.5 Å². The minimum absolute atomic E-state index is 0.0173. The number of allylic oxidation sites excluding steroid dienone is 3. The Morgan fingerprint density at radius 2 is 1.83 bits per heavy atom. The van der Waals surface area contributed by atoms with Gasteiger partial charge < -0.3 is 9.64 Å². The van der Waals surface area contributed by atoms with E-state index >= 15 is 0 Å². The van der Waals surface area contributed by atoms with E-state index in [0.29, 0.717) is 16.9 Å². The summed E-state index contributed by atoms with van der Waals surface area (Å²) in [6.45, 7) is 0. The van der Waals surface area contributed by atoms with Crippen LogP contribution in [0.4, 0.5) is 0 Å². The zero-order chi connectivity index (χ0) is 17.1. The molecule has 1 aliphatic carbocycles. The number of carbonyl (C=O) groups is 1. The van der Waals surface area contributed by atoms with Gasteiger partial charge in [-0.2, -0.15) is 0 Å². The number of methoxy groups -OCH3 is 1. The van der Waals surface area contributed by atoms with Gasteiger partial charge in [-0.3, -0.25) is 4.79 Å². The molecule has 0 N–H and O–H groups in total. The molecule has 0 atom stereocenters. The van der Waals surface area contributed by atoms with Gasteiger partial charge in [-0.15, -0.1) is 0 Å². The molecule has 1 aliphatic rings. The van der Waals surface area contributed by atoms with Gasteiger partial charge in [0, 0.05) is 30.9 Å². The summed E-state index contributed by atoms with van der Waals surface area (Å²) < 4.78 is 5.32. The van der Waals surface area contributed by atoms with Crippen molar-refractivity contribution in [3.8, 4) is 5.75 Å². The summed E-state index contributed by atoms with van der Waals surface area (Å²) in [5, 5.41) is 0. The fourth-order valence-corrected chi connectivity index (χ4v) is 2.87. The van der Waals surface area contributed by atoms with Crippen LogP contribution in [0, 0.1) is 0 Å². The maximum atomic E-state index is 13.0. The van der Waals surface area contributed by atoms with Gasteiger partial charge in [-0.25, -0.2) is 0 Å². The molecule has 0 spiro atoms. The fourth-order valence-electron chi connectivity index (χ4n) is 2.87. The van der Waals surface area contributed by atoms with Gasteiger partial charge in [0.2, 0.25) is 0 Å². The molecule has 3 rings (SSSR count). The van der Waals surface area contributed by atoms with Crippen LogP contribution in [0.15, 0.2) is 66.4 Å². The van der Waals surface area contributed by atoms with Gasteiger partial charge in [-0.05, 0) is 35.8 Å². The highest BCUT2D eigenvalue weighted by Gasteiger charge is 2.19. The van der Waals surface area contributed by atoms with Gasteiger partial charge >= 0.3 is 0 Å². The van der Waals surface area contributed by atoms with Crippen LogP contribution in [0.5, 0.6) is 5.75 Å². The Balaban J connectivity index is 2.05. The number of nitrogens with zero attached hydrogens (tertiary/aromatic N) is 1. The Kier molecular flexibility index (Phi) is 4.52. The molecule has 3 heteroatoms. The van der Waals surface area contributed by atoms with Crippen molar-refractivity contribution in [3.05, 3.63) is 83.1 Å². The first-order valence-electron chi connectivity index (χ1n) is 7.96. The molecule has 0 aromatic heterocycles. The molecule has 0 saturated carbocycles. The third-order valence-corrected chi connectivity index (χ3v) is 4.22. The molecular weight excluding hydrogens is 298 g/mol. The van der Waals surface area contributed by atoms with Crippen molar-refractivity contribution in [1.29, 1.82) is 0 Å². The van der Waals surface area contributed by atoms with Crippen LogP contribution >= 0.6 is 0 Å². The molecule has 0 aliphatic heterocycles. The first kappa shape index (κ1) is 16.1. The molecule has 24 heavy (non-hydrogen) atoms. The molecule has 3 nitrogen and oxygen atoms in total. The monoisotopic (exact) mass is 319 g/mol. The zero-order valence-corrected chi connectivity index (χ0v) is 14.2. The van der Waals surface area contributed by atoms with Gasteiger partial charge in [0.25, 0.3) is 0 Å². The predicted octanol–water partition coefficient (Wildman–Crippen LogP) is 4.16. The van der Waals surface area contributed by atoms with E-state index in [-0.39, 0.29) is 5.78 Å². The number of hydrogen-bond acceptors (Lipinski definition) is 3. The van der Waals surface area contributed by atoms with Gasteiger partial charge in [-0.1, -0.05) is 42.5 Å². The van der Waals surface area contributed by atoms with Crippen LogP contribution in [0.25, 0.3) is 5.57 Å². The second-order valence-corrected chi connectivity index (χ2v) is 6.00. The smallest absolute Gasteiger partial charge is 0.193 e. The summed E-state index contributed by atoms with van der Waals surface area (Å²) in [7, 11) is 5.66. The lowest BCUT2D eigenvalue weighted by Gasteiger charge is -2.13. The van der Waals surface area contributed by atoms with E-state index in [0.717, 1.165) is 17.6 Å². The molecule has 0 radical (unpaired) electrons. The zero-order valence-electron chi connectivity index (χ0n) is 14.2. The number of benzene rings is 2. The average Bonchev–Trinajstić information content (AvgIpc) is 3.11. The van der Waals surface area contributed by atoms with Crippen molar-refractivity contribution in [2.45, 2.75) is 6.42 Å². The maximum Gasteiger partial charge on any atom is 0.193 e. The molecule has 0 bridgehead atoms. The van der Waals surface area contributed by atoms with E-state index in [4.69, 9.17) is 4.74 Å². The Morgan fingerprint density at radius 3 is 2.46 bits per heavy atom. The maximum absolute atomic E-state index is 13.0. The summed E-state index contributed by atoms with van der Waals surface area (Å²) >= 11 is 0. The van der Waals surface area contributed by atoms with Crippen LogP contribution < -0.4 is 4.74 Å². The van der Waals surface area contributed by atoms with Crippen molar-refractivity contribution in [2.24, 2.45) is 0 Å². The summed E-state index contributed by atoms with van der Waals surface area (Å²) in [5.41, 5.74) is 4.66. The molecule has 0 amide bonds. The van der Waals surface area contributed by atoms with Crippen molar-refractivity contribution >= 4 is 11.4 Å². The molecule has 2 aromatic carbocycles. The highest BCUT2D eigenvalue weighted by atomic mass is 16.5. The van der Waals surface area contributed by atoms with Crippen molar-refractivity contribution < 1.29 is 9.53 Å². The molecule has 122 valence electrons. The van der Waals surface area contributed by atoms with E-state index in [9.17, 15) is 4.79 Å². The number of ketones is 1. The predicted molar refractivity (Wildman–Crippen MR) is 97.2 cm³/mol. The normalized spacial score (nSPS) is 13.3. The largest absolute Gasteiger partial charge is 0.497 e. The highest BCUT2D eigenvalue weighted by Crippen LogP contribution is 2.33. The van der Waals surface area contributed by atoms with Gasteiger partial charge in [0.15, 0.2) is 5.78 Å². The first-order valence-corrected chi connectivity index (χ1v) is 7.96. The lowest BCUT2D eigenvalue weighted by Crippen LogP contribution is -2.08. The molecule has 0 fully saturated rings. The number of rotatable bonds is 5. The fraction of sp³-hybridized carbons (Fsp3) is 0.190. The number of likely N-dealkylation sites (N-methyl/N-ethyl adjacent to an activating group) is 1. The summed E-state index contributed by atoms with van der Waals surface area (Å²) in [4.78, 5) is 15.1. The van der Waals surface area contributed by atoms with Crippen LogP contribution in [-0.4, -0.2) is 31.9 Å². The summed E-state index contributed by atoms with van der Waals surface area (Å²) in [6, 6.07) is 15.1. The van der Waals surface area contributed by atoms with Crippen LogP contribution in [0.1, 0.15) is 27.9 Å². The summed E-state index contributed by atoms with van der Waals surface area (Å²) in [6.07, 6.45) is 5.15. The number of ether oxygens (including phenoxy) is 1. The average molecular weight is 319 g/mol. The van der Waals surface area contributed by atoms with Crippen molar-refractivity contribution in [2.75, 3.05) is 21.2 Å². The van der Waals surface area contributed by atoms with Crippen LogP contribution in [0.3, 0.4) is 0 Å². The quantitative estimate of drug-likeness (QED) is 0.775. The molecule has 0 unspecified atom stereocenters. The van der Waals surface area contributed by atoms with E-state index in [1.54, 1.807) is 7.11 Å². The minimum Gasteiger partial charge on any atom is -0.497 e. The number of carbonyl (C=O) groups excluding carboxylic acids is 1. The van der Waals surface area contributed by atoms with E-state index in [2.05, 4.69) is 17.1 Å². The molecule has 0 saturated heterocycles. The second-order valence-electron chi connectivity index (χ2n) is 6.00. The van der Waals surface area contributed by atoms with Crippen LogP contribution in [0.2, 0.25) is 0 Å². The second kappa shape index (κ2) is 6.75. The third kappa shape index (κ3) is 3.11. The Morgan fingerprint density at radius 1 is 1.08 bits per heavy atom. The SMILES string of the molecule is COc1ccc(C2=CC(N(C)C)=CC2)c(C(=O)c2ccccc2)c1. The summed E-state index contributed by atoms with van der Waals surface area (Å²) in [5.74, 6) is 0.709. The Labute approximate surface area is 142 Å². The molecule has 0 heterocycles. The van der Waals surface area contributed by atoms with Gasteiger partial charge in [0.1, 0.15) is 5.75 Å². The Bertz CT molecular complexity index is 817. The lowest BCUT2D eigenvalue weighted by atomic mass is 9.93. The molecule has 2 aromatic rings. The minimum atomic E-state index is 0.0173. The van der Waals surface area contributed by atoms with Gasteiger partial charge in [0.05, 0.1) is 7.11 Å². The van der Waals surface area contributed by atoms with E-state index < -0.39 is 0 Å². The van der Waals surface area contributed by atoms with Crippen LogP contribution in [-0.2, 0) is 0 Å². The Hall–Kier alpha value is -2.81.